The third-order valence-electron chi connectivity index (χ3n) is 6.14. The van der Waals surface area contributed by atoms with Crippen molar-refractivity contribution in [1.82, 2.24) is 5.32 Å². The molecule has 0 aliphatic heterocycles. The number of sulfonamides is 1. The maximum absolute atomic E-state index is 13.9. The number of nitrogens with zero attached hydrogens (tertiary/aromatic N) is 1. The van der Waals surface area contributed by atoms with Crippen LogP contribution in [0.15, 0.2) is 59.5 Å². The predicted molar refractivity (Wildman–Crippen MR) is 144 cm³/mol. The highest BCUT2D eigenvalue weighted by atomic mass is 32.2. The lowest BCUT2D eigenvalue weighted by Crippen LogP contribution is -2.41. The third-order valence-corrected chi connectivity index (χ3v) is 7.93. The van der Waals surface area contributed by atoms with E-state index in [1.165, 1.54) is 7.11 Å². The summed E-state index contributed by atoms with van der Waals surface area (Å²) < 4.78 is 44.8. The zero-order chi connectivity index (χ0) is 27.2. The lowest BCUT2D eigenvalue weighted by molar-refractivity contribution is -0.119. The SMILES string of the molecule is COc1ccc(CCNC(=O)CN(c2ccc(C)c(C)c2)S(=O)(=O)c2cc(C)ccc2OC)cc1OC. The molecule has 0 saturated heterocycles. The number of nitrogens with one attached hydrogen (secondary N) is 1. The molecule has 8 nitrogen and oxygen atoms in total. The Labute approximate surface area is 219 Å². The van der Waals surface area contributed by atoms with Crippen molar-refractivity contribution in [1.29, 1.82) is 0 Å². The van der Waals surface area contributed by atoms with Crippen LogP contribution in [0.5, 0.6) is 17.2 Å². The van der Waals surface area contributed by atoms with Crippen LogP contribution < -0.4 is 23.8 Å². The molecule has 37 heavy (non-hydrogen) atoms. The molecule has 0 saturated carbocycles. The molecule has 3 aromatic rings. The van der Waals surface area contributed by atoms with Crippen molar-refractivity contribution < 1.29 is 27.4 Å². The van der Waals surface area contributed by atoms with Gasteiger partial charge < -0.3 is 19.5 Å². The molecule has 9 heteroatoms. The Kier molecular flexibility index (Phi) is 9.04. The van der Waals surface area contributed by atoms with Gasteiger partial charge in [-0.05, 0) is 85.8 Å². The first kappa shape index (κ1) is 27.9. The average Bonchev–Trinajstić information content (AvgIpc) is 2.88. The number of methoxy groups -OCH3 is 3. The minimum Gasteiger partial charge on any atom is -0.495 e. The molecule has 0 fully saturated rings. The predicted octanol–water partition coefficient (Wildman–Crippen LogP) is 4.19. The second kappa shape index (κ2) is 12.0. The summed E-state index contributed by atoms with van der Waals surface area (Å²) >= 11 is 0. The Bertz CT molecular complexity index is 1370. The van der Waals surface area contributed by atoms with E-state index < -0.39 is 15.9 Å². The van der Waals surface area contributed by atoms with Crippen LogP contribution in [0.4, 0.5) is 5.69 Å². The summed E-state index contributed by atoms with van der Waals surface area (Å²) in [5.41, 5.74) is 4.05. The van der Waals surface area contributed by atoms with E-state index in [4.69, 9.17) is 14.2 Å². The first-order valence-electron chi connectivity index (χ1n) is 11.8. The number of aryl methyl sites for hydroxylation is 3. The highest BCUT2D eigenvalue weighted by molar-refractivity contribution is 7.93. The Morgan fingerprint density at radius 3 is 2.14 bits per heavy atom. The van der Waals surface area contributed by atoms with E-state index in [0.717, 1.165) is 26.6 Å². The van der Waals surface area contributed by atoms with E-state index in [1.807, 2.05) is 32.0 Å². The molecule has 0 aromatic heterocycles. The van der Waals surface area contributed by atoms with Crippen molar-refractivity contribution in [2.75, 3.05) is 38.7 Å². The fourth-order valence-corrected chi connectivity index (χ4v) is 5.52. The lowest BCUT2D eigenvalue weighted by atomic mass is 10.1. The van der Waals surface area contributed by atoms with Gasteiger partial charge in [-0.2, -0.15) is 0 Å². The van der Waals surface area contributed by atoms with Gasteiger partial charge in [0, 0.05) is 6.54 Å². The summed E-state index contributed by atoms with van der Waals surface area (Å²) in [6.07, 6.45) is 0.536. The molecule has 1 amide bonds. The third kappa shape index (κ3) is 6.54. The number of carbonyl (C=O) groups is 1. The van der Waals surface area contributed by atoms with Crippen LogP contribution in [0.1, 0.15) is 22.3 Å². The van der Waals surface area contributed by atoms with Gasteiger partial charge in [-0.3, -0.25) is 9.10 Å². The molecule has 0 bridgehead atoms. The molecule has 0 aliphatic carbocycles. The molecular formula is C28H34N2O6S. The van der Waals surface area contributed by atoms with Crippen LogP contribution in [-0.4, -0.2) is 48.7 Å². The molecule has 0 atom stereocenters. The molecule has 198 valence electrons. The van der Waals surface area contributed by atoms with Gasteiger partial charge >= 0.3 is 0 Å². The Morgan fingerprint density at radius 1 is 0.811 bits per heavy atom. The number of carbonyl (C=O) groups excluding carboxylic acids is 1. The van der Waals surface area contributed by atoms with Crippen molar-refractivity contribution in [2.24, 2.45) is 0 Å². The van der Waals surface area contributed by atoms with Crippen molar-refractivity contribution in [3.05, 3.63) is 76.9 Å². The summed E-state index contributed by atoms with van der Waals surface area (Å²) in [4.78, 5) is 13.0. The quantitative estimate of drug-likeness (QED) is 0.403. The normalized spacial score (nSPS) is 11.1. The van der Waals surface area contributed by atoms with Crippen molar-refractivity contribution >= 4 is 21.6 Å². The number of ether oxygens (including phenoxy) is 3. The molecule has 0 radical (unpaired) electrons. The number of amides is 1. The second-order valence-corrected chi connectivity index (χ2v) is 10.6. The van der Waals surface area contributed by atoms with Gasteiger partial charge in [0.25, 0.3) is 10.0 Å². The number of hydrogen-bond donors (Lipinski definition) is 1. The first-order chi connectivity index (χ1) is 17.6. The summed E-state index contributed by atoms with van der Waals surface area (Å²) in [6.45, 7) is 5.60. The van der Waals surface area contributed by atoms with Gasteiger partial charge in [-0.15, -0.1) is 0 Å². The first-order valence-corrected chi connectivity index (χ1v) is 13.3. The zero-order valence-corrected chi connectivity index (χ0v) is 22.9. The van der Waals surface area contributed by atoms with Gasteiger partial charge in [-0.1, -0.05) is 18.2 Å². The summed E-state index contributed by atoms with van der Waals surface area (Å²) in [5, 5.41) is 2.84. The van der Waals surface area contributed by atoms with Crippen LogP contribution in [0, 0.1) is 20.8 Å². The Morgan fingerprint density at radius 2 is 1.49 bits per heavy atom. The van der Waals surface area contributed by atoms with Gasteiger partial charge in [0.05, 0.1) is 27.0 Å². The number of anilines is 1. The van der Waals surface area contributed by atoms with E-state index in [2.05, 4.69) is 5.32 Å². The number of rotatable bonds is 11. The van der Waals surface area contributed by atoms with Crippen LogP contribution >= 0.6 is 0 Å². The van der Waals surface area contributed by atoms with Crippen LogP contribution in [0.2, 0.25) is 0 Å². The monoisotopic (exact) mass is 526 g/mol. The summed E-state index contributed by atoms with van der Waals surface area (Å²) in [5.74, 6) is 1.02. The topological polar surface area (TPSA) is 94.2 Å². The van der Waals surface area contributed by atoms with E-state index in [0.29, 0.717) is 30.2 Å². The molecular weight excluding hydrogens is 492 g/mol. The van der Waals surface area contributed by atoms with E-state index in [9.17, 15) is 13.2 Å². The Balaban J connectivity index is 1.85. The fourth-order valence-electron chi connectivity index (χ4n) is 3.87. The standard InChI is InChI=1S/C28H34N2O6S/c1-19-7-11-25(35-5)27(15-19)37(32,33)30(23-10-8-20(2)21(3)16-23)18-28(31)29-14-13-22-9-12-24(34-4)26(17-22)36-6/h7-12,15-17H,13-14,18H2,1-6H3,(H,29,31). The number of benzene rings is 3. The highest BCUT2D eigenvalue weighted by Gasteiger charge is 2.30. The molecule has 3 rings (SSSR count). The van der Waals surface area contributed by atoms with Crippen molar-refractivity contribution in [2.45, 2.75) is 32.1 Å². The van der Waals surface area contributed by atoms with Gasteiger partial charge in [0.15, 0.2) is 11.5 Å². The maximum atomic E-state index is 13.9. The average molecular weight is 527 g/mol. The molecule has 0 heterocycles. The fraction of sp³-hybridized carbons (Fsp3) is 0.321. The number of hydrogen-bond acceptors (Lipinski definition) is 6. The van der Waals surface area contributed by atoms with E-state index >= 15 is 0 Å². The smallest absolute Gasteiger partial charge is 0.268 e. The largest absolute Gasteiger partial charge is 0.495 e. The van der Waals surface area contributed by atoms with Crippen LogP contribution in [-0.2, 0) is 21.2 Å². The second-order valence-electron chi connectivity index (χ2n) is 8.72. The minimum atomic E-state index is -4.12. The van der Waals surface area contributed by atoms with Crippen molar-refractivity contribution in [3.8, 4) is 17.2 Å². The molecule has 0 unspecified atom stereocenters. The van der Waals surface area contributed by atoms with E-state index in [1.54, 1.807) is 57.5 Å². The highest BCUT2D eigenvalue weighted by Crippen LogP contribution is 2.32. The lowest BCUT2D eigenvalue weighted by Gasteiger charge is -2.26. The van der Waals surface area contributed by atoms with Crippen molar-refractivity contribution in [3.63, 3.8) is 0 Å². The maximum Gasteiger partial charge on any atom is 0.268 e. The van der Waals surface area contributed by atoms with Crippen LogP contribution in [0.3, 0.4) is 0 Å². The summed E-state index contributed by atoms with van der Waals surface area (Å²) in [7, 11) is 0.433. The zero-order valence-electron chi connectivity index (χ0n) is 22.1. The van der Waals surface area contributed by atoms with Crippen LogP contribution in [0.25, 0.3) is 0 Å². The van der Waals surface area contributed by atoms with Gasteiger partial charge in [-0.25, -0.2) is 8.42 Å². The molecule has 0 spiro atoms. The van der Waals surface area contributed by atoms with Gasteiger partial charge in [0.1, 0.15) is 17.2 Å². The minimum absolute atomic E-state index is 0.00589. The Hall–Kier alpha value is -3.72. The van der Waals surface area contributed by atoms with E-state index in [-0.39, 0.29) is 17.2 Å². The van der Waals surface area contributed by atoms with Gasteiger partial charge in [0.2, 0.25) is 5.91 Å². The molecule has 1 N–H and O–H groups in total. The summed E-state index contributed by atoms with van der Waals surface area (Å²) in [6, 6.07) is 15.8. The molecule has 3 aromatic carbocycles. The molecule has 0 aliphatic rings.